The van der Waals surface area contributed by atoms with Crippen molar-refractivity contribution in [3.8, 4) is 0 Å². The van der Waals surface area contributed by atoms with Crippen LogP contribution in [0.2, 0.25) is 0 Å². The Morgan fingerprint density at radius 3 is 1.57 bits per heavy atom. The highest BCUT2D eigenvalue weighted by Crippen LogP contribution is 2.14. The predicted octanol–water partition coefficient (Wildman–Crippen LogP) is 7.51. The van der Waals surface area contributed by atoms with Crippen LogP contribution in [0.4, 0.5) is 5.69 Å². The summed E-state index contributed by atoms with van der Waals surface area (Å²) in [6.45, 7) is 2.27. The molecule has 4 nitrogen and oxygen atoms in total. The number of carboxylic acid groups (broad SMARTS) is 1. The van der Waals surface area contributed by atoms with Gasteiger partial charge < -0.3 is 10.4 Å². The second-order valence-corrected chi connectivity index (χ2v) is 8.52. The van der Waals surface area contributed by atoms with E-state index < -0.39 is 5.97 Å². The number of nitrogens with one attached hydrogen (secondary N) is 1. The minimum atomic E-state index is -0.847. The average Bonchev–Trinajstić information content (AvgIpc) is 2.72. The van der Waals surface area contributed by atoms with Crippen molar-refractivity contribution in [2.45, 2.75) is 116 Å². The Bertz CT molecular complexity index is 568. The molecule has 1 rings (SSSR count). The Hall–Kier alpha value is -1.84. The second-order valence-electron chi connectivity index (χ2n) is 8.52. The minimum Gasteiger partial charge on any atom is -0.481 e. The van der Waals surface area contributed by atoms with Crippen LogP contribution >= 0.6 is 0 Å². The number of anilines is 1. The Morgan fingerprint density at radius 2 is 1.13 bits per heavy atom. The van der Waals surface area contributed by atoms with Crippen LogP contribution in [0.15, 0.2) is 24.3 Å². The van der Waals surface area contributed by atoms with E-state index in [9.17, 15) is 9.59 Å². The van der Waals surface area contributed by atoms with E-state index in [4.69, 9.17) is 5.11 Å². The van der Waals surface area contributed by atoms with Gasteiger partial charge in [0.2, 0.25) is 5.91 Å². The van der Waals surface area contributed by atoms with E-state index in [0.29, 0.717) is 6.42 Å². The average molecular weight is 418 g/mol. The minimum absolute atomic E-state index is 0.00729. The number of benzene rings is 1. The molecule has 0 heterocycles. The second kappa shape index (κ2) is 18.0. The normalized spacial score (nSPS) is 10.8. The van der Waals surface area contributed by atoms with Crippen molar-refractivity contribution in [1.82, 2.24) is 0 Å². The standard InChI is InChI=1S/C26H43NO3/c1-2-3-4-5-6-7-8-9-10-11-12-13-14-15-16-17-25(28)27-24-20-18-23(19-21-24)22-26(29)30/h18-21H,2-17,22H2,1H3,(H,27,28)(H,29,30). The van der Waals surface area contributed by atoms with E-state index in [1.165, 1.54) is 83.5 Å². The van der Waals surface area contributed by atoms with E-state index in [-0.39, 0.29) is 12.3 Å². The number of carbonyl (C=O) groups is 2. The molecule has 0 aliphatic rings. The highest BCUT2D eigenvalue weighted by Gasteiger charge is 2.04. The number of unbranched alkanes of at least 4 members (excludes halogenated alkanes) is 14. The number of amides is 1. The molecule has 0 radical (unpaired) electrons. The molecule has 0 unspecified atom stereocenters. The van der Waals surface area contributed by atoms with Gasteiger partial charge in [-0.25, -0.2) is 0 Å². The van der Waals surface area contributed by atoms with Gasteiger partial charge in [-0.05, 0) is 24.1 Å². The number of carbonyl (C=O) groups excluding carboxylic acids is 1. The third-order valence-corrected chi connectivity index (χ3v) is 5.60. The van der Waals surface area contributed by atoms with Crippen LogP contribution in [-0.2, 0) is 16.0 Å². The molecule has 170 valence electrons. The van der Waals surface area contributed by atoms with Gasteiger partial charge in [-0.3, -0.25) is 9.59 Å². The molecule has 0 aliphatic heterocycles. The highest BCUT2D eigenvalue weighted by atomic mass is 16.4. The van der Waals surface area contributed by atoms with Gasteiger partial charge >= 0.3 is 5.97 Å². The maximum atomic E-state index is 12.0. The van der Waals surface area contributed by atoms with Crippen molar-refractivity contribution in [2.24, 2.45) is 0 Å². The van der Waals surface area contributed by atoms with E-state index in [2.05, 4.69) is 12.2 Å². The first-order valence-electron chi connectivity index (χ1n) is 12.2. The van der Waals surface area contributed by atoms with Crippen molar-refractivity contribution in [1.29, 1.82) is 0 Å². The maximum absolute atomic E-state index is 12.0. The lowest BCUT2D eigenvalue weighted by Gasteiger charge is -2.06. The van der Waals surface area contributed by atoms with Crippen LogP contribution in [0.25, 0.3) is 0 Å². The molecule has 1 aromatic rings. The van der Waals surface area contributed by atoms with Crippen LogP contribution in [-0.4, -0.2) is 17.0 Å². The zero-order valence-corrected chi connectivity index (χ0v) is 19.1. The highest BCUT2D eigenvalue weighted by molar-refractivity contribution is 5.90. The van der Waals surface area contributed by atoms with Crippen molar-refractivity contribution in [3.63, 3.8) is 0 Å². The molecule has 4 heteroatoms. The third kappa shape index (κ3) is 15.1. The molecular formula is C26H43NO3. The summed E-state index contributed by atoms with van der Waals surface area (Å²) in [4.78, 5) is 22.7. The van der Waals surface area contributed by atoms with Crippen LogP contribution in [0.3, 0.4) is 0 Å². The van der Waals surface area contributed by atoms with Crippen LogP contribution < -0.4 is 5.32 Å². The van der Waals surface area contributed by atoms with Crippen molar-refractivity contribution < 1.29 is 14.7 Å². The molecule has 0 spiro atoms. The number of carboxylic acids is 1. The first kappa shape index (κ1) is 26.2. The van der Waals surface area contributed by atoms with Gasteiger partial charge in [-0.2, -0.15) is 0 Å². The Kier molecular flexibility index (Phi) is 15.7. The molecule has 0 bridgehead atoms. The molecule has 1 aromatic carbocycles. The molecule has 0 saturated heterocycles. The van der Waals surface area contributed by atoms with Crippen molar-refractivity contribution in [3.05, 3.63) is 29.8 Å². The van der Waals surface area contributed by atoms with Crippen molar-refractivity contribution in [2.75, 3.05) is 5.32 Å². The summed E-state index contributed by atoms with van der Waals surface area (Å²) < 4.78 is 0. The Morgan fingerprint density at radius 1 is 0.700 bits per heavy atom. The summed E-state index contributed by atoms with van der Waals surface area (Å²) in [5.74, 6) is -0.810. The zero-order valence-electron chi connectivity index (χ0n) is 19.1. The zero-order chi connectivity index (χ0) is 21.9. The lowest BCUT2D eigenvalue weighted by Crippen LogP contribution is -2.11. The molecule has 0 atom stereocenters. The van der Waals surface area contributed by atoms with E-state index in [0.717, 1.165) is 24.1 Å². The fourth-order valence-corrected chi connectivity index (χ4v) is 3.76. The first-order valence-corrected chi connectivity index (χ1v) is 12.2. The van der Waals surface area contributed by atoms with Gasteiger partial charge in [0.05, 0.1) is 6.42 Å². The summed E-state index contributed by atoms with van der Waals surface area (Å²) in [5, 5.41) is 11.7. The van der Waals surface area contributed by atoms with Crippen LogP contribution in [0.1, 0.15) is 115 Å². The molecule has 0 aliphatic carbocycles. The molecule has 0 fully saturated rings. The smallest absolute Gasteiger partial charge is 0.307 e. The molecular weight excluding hydrogens is 374 g/mol. The number of aliphatic carboxylic acids is 1. The Balaban J connectivity index is 1.89. The Labute approximate surface area is 183 Å². The monoisotopic (exact) mass is 417 g/mol. The van der Waals surface area contributed by atoms with Gasteiger partial charge in [0.15, 0.2) is 0 Å². The van der Waals surface area contributed by atoms with Crippen molar-refractivity contribution >= 4 is 17.6 Å². The predicted molar refractivity (Wildman–Crippen MR) is 126 cm³/mol. The van der Waals surface area contributed by atoms with E-state index >= 15 is 0 Å². The van der Waals surface area contributed by atoms with Gasteiger partial charge in [0.25, 0.3) is 0 Å². The van der Waals surface area contributed by atoms with Gasteiger partial charge in [-0.1, -0.05) is 109 Å². The quantitative estimate of drug-likeness (QED) is 0.229. The third-order valence-electron chi connectivity index (χ3n) is 5.60. The summed E-state index contributed by atoms with van der Waals surface area (Å²) in [6.07, 6.45) is 20.4. The van der Waals surface area contributed by atoms with Crippen LogP contribution in [0, 0.1) is 0 Å². The summed E-state index contributed by atoms with van der Waals surface area (Å²) >= 11 is 0. The lowest BCUT2D eigenvalue weighted by molar-refractivity contribution is -0.136. The fourth-order valence-electron chi connectivity index (χ4n) is 3.76. The molecule has 30 heavy (non-hydrogen) atoms. The van der Waals surface area contributed by atoms with E-state index in [1.54, 1.807) is 24.3 Å². The fraction of sp³-hybridized carbons (Fsp3) is 0.692. The van der Waals surface area contributed by atoms with Gasteiger partial charge in [-0.15, -0.1) is 0 Å². The summed E-state index contributed by atoms with van der Waals surface area (Å²) in [6, 6.07) is 7.03. The number of hydrogen-bond donors (Lipinski definition) is 2. The van der Waals surface area contributed by atoms with E-state index in [1.807, 2.05) is 0 Å². The number of rotatable bonds is 19. The molecule has 0 aromatic heterocycles. The maximum Gasteiger partial charge on any atom is 0.307 e. The van der Waals surface area contributed by atoms with Gasteiger partial charge in [0.1, 0.15) is 0 Å². The summed E-state index contributed by atoms with van der Waals surface area (Å²) in [5.41, 5.74) is 1.47. The molecule has 2 N–H and O–H groups in total. The largest absolute Gasteiger partial charge is 0.481 e. The molecule has 1 amide bonds. The SMILES string of the molecule is CCCCCCCCCCCCCCCCCC(=O)Nc1ccc(CC(=O)O)cc1. The van der Waals surface area contributed by atoms with Crippen LogP contribution in [0.5, 0.6) is 0 Å². The lowest BCUT2D eigenvalue weighted by atomic mass is 10.0. The molecule has 0 saturated carbocycles. The number of hydrogen-bond acceptors (Lipinski definition) is 2. The topological polar surface area (TPSA) is 66.4 Å². The van der Waals surface area contributed by atoms with Gasteiger partial charge in [0, 0.05) is 12.1 Å². The summed E-state index contributed by atoms with van der Waals surface area (Å²) in [7, 11) is 0. The first-order chi connectivity index (χ1) is 14.6.